The number of halogens is 9. The molecule has 31 heavy (non-hydrogen) atoms. The van der Waals surface area contributed by atoms with Crippen molar-refractivity contribution < 1.29 is 66.7 Å². The van der Waals surface area contributed by atoms with Crippen molar-refractivity contribution in [2.24, 2.45) is 5.92 Å². The zero-order valence-electron chi connectivity index (χ0n) is 14.5. The van der Waals surface area contributed by atoms with Gasteiger partial charge in [-0.25, -0.2) is 4.74 Å². The van der Waals surface area contributed by atoms with Gasteiger partial charge in [0.1, 0.15) is 5.92 Å². The highest BCUT2D eigenvalue weighted by Gasteiger charge is 2.75. The van der Waals surface area contributed by atoms with Crippen LogP contribution in [0.15, 0.2) is 0 Å². The van der Waals surface area contributed by atoms with Crippen molar-refractivity contribution in [1.82, 2.24) is 0 Å². The van der Waals surface area contributed by atoms with E-state index in [-0.39, 0.29) is 6.42 Å². The van der Waals surface area contributed by atoms with Crippen molar-refractivity contribution in [2.45, 2.75) is 55.0 Å². The summed E-state index contributed by atoms with van der Waals surface area (Å²) < 4.78 is 143. The number of nitro groups is 2. The van der Waals surface area contributed by atoms with Gasteiger partial charge in [-0.3, -0.25) is 24.4 Å². The first-order valence-electron chi connectivity index (χ1n) is 7.74. The summed E-state index contributed by atoms with van der Waals surface area (Å²) in [5.41, 5.74) is 0. The Morgan fingerprint density at radius 2 is 1.26 bits per heavy atom. The third kappa shape index (κ3) is 5.45. The molecule has 0 bridgehead atoms. The molecule has 20 heteroatoms. The number of ether oxygens (including phenoxy) is 1. The van der Waals surface area contributed by atoms with Crippen molar-refractivity contribution >= 4 is 10.1 Å². The second-order valence-electron chi connectivity index (χ2n) is 6.19. The lowest BCUT2D eigenvalue weighted by Crippen LogP contribution is -2.56. The molecule has 0 heterocycles. The van der Waals surface area contributed by atoms with E-state index in [9.17, 15) is 68.2 Å². The summed E-state index contributed by atoms with van der Waals surface area (Å²) in [5, 5.41) is 15.1. The number of hydrogen-bond acceptors (Lipinski definition) is 8. The Bertz CT molecular complexity index is 781. The lowest BCUT2D eigenvalue weighted by molar-refractivity contribution is -0.584. The van der Waals surface area contributed by atoms with Crippen LogP contribution in [0.1, 0.15) is 19.3 Å². The normalized spacial score (nSPS) is 24.1. The van der Waals surface area contributed by atoms with Gasteiger partial charge in [-0.2, -0.15) is 47.9 Å². The fraction of sp³-hybridized carbons (Fsp3) is 1.00. The van der Waals surface area contributed by atoms with Gasteiger partial charge in [0.05, 0.1) is 6.61 Å². The molecule has 0 aromatic rings. The topological polar surface area (TPSA) is 139 Å². The molecule has 0 radical (unpaired) electrons. The van der Waals surface area contributed by atoms with Gasteiger partial charge in [0, 0.05) is 22.7 Å². The van der Waals surface area contributed by atoms with Crippen molar-refractivity contribution in [2.75, 3.05) is 6.61 Å². The number of alkyl halides is 9. The predicted molar refractivity (Wildman–Crippen MR) is 75.8 cm³/mol. The van der Waals surface area contributed by atoms with Crippen LogP contribution in [0.3, 0.4) is 0 Å². The highest BCUT2D eigenvalue weighted by Crippen LogP contribution is 2.47. The molecule has 1 saturated carbocycles. The van der Waals surface area contributed by atoms with Crippen LogP contribution in [-0.4, -0.2) is 60.6 Å². The Morgan fingerprint density at radius 3 is 1.61 bits per heavy atom. The first kappa shape index (κ1) is 27.1. The molecule has 0 aliphatic heterocycles. The minimum Gasteiger partial charge on any atom is -0.264 e. The van der Waals surface area contributed by atoms with E-state index in [1.54, 1.807) is 4.74 Å². The van der Waals surface area contributed by atoms with E-state index in [0.29, 0.717) is 0 Å². The van der Waals surface area contributed by atoms with Crippen LogP contribution in [0.2, 0.25) is 0 Å². The molecule has 1 rings (SSSR count). The van der Waals surface area contributed by atoms with Crippen LogP contribution in [-0.2, 0) is 19.0 Å². The van der Waals surface area contributed by atoms with Crippen molar-refractivity contribution in [3.63, 3.8) is 0 Å². The van der Waals surface area contributed by atoms with Crippen LogP contribution >= 0.6 is 0 Å². The third-order valence-electron chi connectivity index (χ3n) is 4.18. The maximum atomic E-state index is 13.6. The van der Waals surface area contributed by atoms with E-state index < -0.39 is 81.1 Å². The summed E-state index contributed by atoms with van der Waals surface area (Å²) >= 11 is 0. The number of hydrogen-bond donors (Lipinski definition) is 0. The van der Waals surface area contributed by atoms with E-state index in [1.807, 2.05) is 0 Å². The Kier molecular flexibility index (Phi) is 7.45. The molecule has 1 aliphatic carbocycles. The summed E-state index contributed by atoms with van der Waals surface area (Å²) in [5.74, 6) is -2.03. The summed E-state index contributed by atoms with van der Waals surface area (Å²) in [6, 6.07) is -3.83. The fourth-order valence-corrected chi connectivity index (χ4v) is 3.45. The van der Waals surface area contributed by atoms with Crippen LogP contribution in [0.4, 0.5) is 39.5 Å². The summed E-state index contributed by atoms with van der Waals surface area (Å²) in [6.45, 7) is -1.83. The van der Waals surface area contributed by atoms with Crippen LogP contribution in [0.5, 0.6) is 0 Å². The van der Waals surface area contributed by atoms with Crippen molar-refractivity contribution in [1.29, 1.82) is 0 Å². The molecular weight excluding hydrogens is 491 g/mol. The molecule has 10 nitrogen and oxygen atoms in total. The predicted octanol–water partition coefficient (Wildman–Crippen LogP) is 2.78. The summed E-state index contributed by atoms with van der Waals surface area (Å²) in [6.07, 6.45) is -21.8. The maximum absolute atomic E-state index is 13.6. The Morgan fingerprint density at radius 1 is 0.839 bits per heavy atom. The smallest absolute Gasteiger partial charge is 0.264 e. The average molecular weight is 502 g/mol. The van der Waals surface area contributed by atoms with Crippen molar-refractivity contribution in [3.05, 3.63) is 20.2 Å². The average Bonchev–Trinajstić information content (AvgIpc) is 2.57. The van der Waals surface area contributed by atoms with Crippen molar-refractivity contribution in [3.8, 4) is 0 Å². The molecule has 1 aliphatic rings. The lowest BCUT2D eigenvalue weighted by Gasteiger charge is -2.30. The molecule has 182 valence electrons. The molecule has 0 amide bonds. The molecule has 0 N–H and O–H groups in total. The highest BCUT2D eigenvalue weighted by molar-refractivity contribution is 7.87. The van der Waals surface area contributed by atoms with E-state index in [4.69, 9.17) is 0 Å². The Balaban J connectivity index is 3.15. The minimum atomic E-state index is -7.09. The van der Waals surface area contributed by atoms with Gasteiger partial charge in [-0.1, -0.05) is 0 Å². The van der Waals surface area contributed by atoms with Gasteiger partial charge >= 0.3 is 33.8 Å². The van der Waals surface area contributed by atoms with E-state index >= 15 is 0 Å². The molecule has 0 saturated heterocycles. The molecule has 0 aromatic carbocycles. The van der Waals surface area contributed by atoms with E-state index in [0.717, 1.165) is 0 Å². The first-order chi connectivity index (χ1) is 13.7. The van der Waals surface area contributed by atoms with Crippen LogP contribution in [0, 0.1) is 26.1 Å². The SMILES string of the molecule is O=[N+]([O-])C1CCCC([N+](=O)[O-])C1COS(=O)(=O)C(F)(F)C(F)(F)OC(F)(F)C(F)(F)F. The molecule has 2 atom stereocenters. The van der Waals surface area contributed by atoms with Gasteiger partial charge in [-0.15, -0.1) is 0 Å². The second-order valence-corrected chi connectivity index (χ2v) is 7.85. The quantitative estimate of drug-likeness (QED) is 0.203. The molecule has 0 spiro atoms. The number of rotatable bonds is 9. The number of nitrogens with zero attached hydrogens (tertiary/aromatic N) is 2. The first-order valence-corrected chi connectivity index (χ1v) is 9.15. The second kappa shape index (κ2) is 8.52. The van der Waals surface area contributed by atoms with Gasteiger partial charge in [0.2, 0.25) is 12.1 Å². The van der Waals surface area contributed by atoms with E-state index in [1.165, 1.54) is 0 Å². The largest absolute Gasteiger partial charge is 0.483 e. The van der Waals surface area contributed by atoms with Crippen LogP contribution < -0.4 is 0 Å². The third-order valence-corrected chi connectivity index (χ3v) is 5.50. The zero-order chi connectivity index (χ0) is 24.6. The molecule has 1 fully saturated rings. The monoisotopic (exact) mass is 502 g/mol. The van der Waals surface area contributed by atoms with Gasteiger partial charge in [0.25, 0.3) is 0 Å². The molecule has 0 aromatic heterocycles. The molecular formula is C11H11F9N2O8S. The minimum absolute atomic E-state index is 0.116. The van der Waals surface area contributed by atoms with Crippen LogP contribution in [0.25, 0.3) is 0 Å². The summed E-state index contributed by atoms with van der Waals surface area (Å²) in [7, 11) is -7.09. The molecule has 2 unspecified atom stereocenters. The maximum Gasteiger partial charge on any atom is 0.483 e. The van der Waals surface area contributed by atoms with Gasteiger partial charge in [-0.05, 0) is 6.42 Å². The Labute approximate surface area is 165 Å². The standard InChI is InChI=1S/C11H11F9N2O8S/c12-8(13,14)9(15,16)30-10(17,18)11(19,20)31(27,28)29-4-5-6(21(23)24)2-1-3-7(5)22(25)26/h5-7H,1-4H2. The Hall–Kier alpha value is -1.96. The zero-order valence-corrected chi connectivity index (χ0v) is 15.3. The summed E-state index contributed by atoms with van der Waals surface area (Å²) in [4.78, 5) is 19.7. The lowest BCUT2D eigenvalue weighted by atomic mass is 9.81. The highest BCUT2D eigenvalue weighted by atomic mass is 32.2. The fourth-order valence-electron chi connectivity index (χ4n) is 2.63. The van der Waals surface area contributed by atoms with Gasteiger partial charge in [0.15, 0.2) is 0 Å². The van der Waals surface area contributed by atoms with Gasteiger partial charge < -0.3 is 0 Å². The van der Waals surface area contributed by atoms with E-state index in [2.05, 4.69) is 4.18 Å².